The van der Waals surface area contributed by atoms with Gasteiger partial charge in [-0.25, -0.2) is 5.43 Å². The predicted octanol–water partition coefficient (Wildman–Crippen LogP) is 0.622. The van der Waals surface area contributed by atoms with Crippen molar-refractivity contribution in [2.75, 3.05) is 7.11 Å². The van der Waals surface area contributed by atoms with Crippen LogP contribution in [-0.4, -0.2) is 31.2 Å². The number of hydrogen-bond donors (Lipinski definition) is 2. The highest BCUT2D eigenvalue weighted by molar-refractivity contribution is 6.34. The molecule has 0 aliphatic carbocycles. The molecule has 1 aromatic rings. The van der Waals surface area contributed by atoms with Gasteiger partial charge in [-0.05, 0) is 25.1 Å². The first-order valence-electron chi connectivity index (χ1n) is 5.62. The van der Waals surface area contributed by atoms with Crippen LogP contribution in [0.4, 0.5) is 8.78 Å². The Bertz CT molecular complexity index is 576. The topological polar surface area (TPSA) is 103 Å². The number of alkyl halides is 2. The average molecular weight is 301 g/mol. The van der Waals surface area contributed by atoms with Crippen molar-refractivity contribution in [2.24, 2.45) is 10.8 Å². The molecule has 2 amide bonds. The van der Waals surface area contributed by atoms with Crippen LogP contribution in [0.15, 0.2) is 23.3 Å². The summed E-state index contributed by atoms with van der Waals surface area (Å²) >= 11 is 0. The number of nitrogens with zero attached hydrogens (tertiary/aromatic N) is 1. The number of benzene rings is 1. The van der Waals surface area contributed by atoms with E-state index >= 15 is 0 Å². The first-order valence-corrected chi connectivity index (χ1v) is 5.62. The first-order chi connectivity index (χ1) is 9.85. The fraction of sp³-hybridized carbons (Fsp3) is 0.250. The molecule has 0 atom stereocenters. The molecule has 0 saturated carbocycles. The Labute approximate surface area is 118 Å². The number of methoxy groups -OCH3 is 1. The number of ether oxygens (including phenoxy) is 2. The Kier molecular flexibility index (Phi) is 5.58. The predicted molar refractivity (Wildman–Crippen MR) is 69.2 cm³/mol. The maximum Gasteiger partial charge on any atom is 0.387 e. The number of rotatable bonds is 5. The number of hydrazone groups is 1. The molecular formula is C12H13F2N3O4. The monoisotopic (exact) mass is 301 g/mol. The van der Waals surface area contributed by atoms with Gasteiger partial charge in [0.15, 0.2) is 11.5 Å². The van der Waals surface area contributed by atoms with Crippen molar-refractivity contribution in [2.45, 2.75) is 13.5 Å². The van der Waals surface area contributed by atoms with E-state index in [-0.39, 0.29) is 11.5 Å². The molecule has 0 heterocycles. The molecule has 0 radical (unpaired) electrons. The fourth-order valence-electron chi connectivity index (χ4n) is 1.34. The zero-order valence-electron chi connectivity index (χ0n) is 11.2. The Balaban J connectivity index is 2.95. The summed E-state index contributed by atoms with van der Waals surface area (Å²) in [6.45, 7) is -1.45. The van der Waals surface area contributed by atoms with Gasteiger partial charge in [0, 0.05) is 5.56 Å². The number of nitrogens with two attached hydrogens (primary N) is 1. The summed E-state index contributed by atoms with van der Waals surface area (Å²) in [5.74, 6) is -2.31. The Hall–Kier alpha value is -2.71. The number of primary amides is 1. The zero-order valence-corrected chi connectivity index (χ0v) is 11.2. The van der Waals surface area contributed by atoms with Crippen LogP contribution >= 0.6 is 0 Å². The summed E-state index contributed by atoms with van der Waals surface area (Å²) < 4.78 is 33.6. The van der Waals surface area contributed by atoms with E-state index in [1.54, 1.807) is 0 Å². The van der Waals surface area contributed by atoms with E-state index in [0.29, 0.717) is 11.3 Å². The van der Waals surface area contributed by atoms with Gasteiger partial charge in [0.1, 0.15) is 0 Å². The lowest BCUT2D eigenvalue weighted by Crippen LogP contribution is -2.33. The zero-order chi connectivity index (χ0) is 16.0. The number of halogens is 2. The molecule has 0 aliphatic rings. The lowest BCUT2D eigenvalue weighted by molar-refractivity contribution is -0.137. The van der Waals surface area contributed by atoms with E-state index < -0.39 is 18.4 Å². The lowest BCUT2D eigenvalue weighted by Gasteiger charge is -2.11. The van der Waals surface area contributed by atoms with Gasteiger partial charge >= 0.3 is 18.4 Å². The van der Waals surface area contributed by atoms with Gasteiger partial charge in [-0.1, -0.05) is 0 Å². The number of nitrogens with one attached hydrogen (secondary N) is 1. The Morgan fingerprint density at radius 3 is 2.52 bits per heavy atom. The van der Waals surface area contributed by atoms with Gasteiger partial charge in [0.25, 0.3) is 0 Å². The molecule has 114 valence electrons. The summed E-state index contributed by atoms with van der Waals surface area (Å²) in [5.41, 5.74) is 7.47. The molecule has 0 unspecified atom stereocenters. The second-order valence-electron chi connectivity index (χ2n) is 3.75. The third-order valence-corrected chi connectivity index (χ3v) is 2.35. The van der Waals surface area contributed by atoms with Crippen molar-refractivity contribution < 1.29 is 27.8 Å². The van der Waals surface area contributed by atoms with E-state index in [1.165, 1.54) is 32.2 Å². The van der Waals surface area contributed by atoms with E-state index in [1.807, 2.05) is 5.43 Å². The highest BCUT2D eigenvalue weighted by Gasteiger charge is 2.12. The molecule has 9 heteroatoms. The summed E-state index contributed by atoms with van der Waals surface area (Å²) in [6.07, 6.45) is 0. The van der Waals surface area contributed by atoms with Crippen LogP contribution in [-0.2, 0) is 9.59 Å². The maximum absolute atomic E-state index is 12.2. The standard InChI is InChI=1S/C12H13F2N3O4/c1-6(16-17-11(19)10(15)18)7-3-4-8(21-12(13)14)9(5-7)20-2/h3-5,12H,1-2H3,(H2,15,18)(H,17,19)/b16-6-. The molecule has 0 saturated heterocycles. The highest BCUT2D eigenvalue weighted by Crippen LogP contribution is 2.29. The van der Waals surface area contributed by atoms with Crippen molar-refractivity contribution in [3.05, 3.63) is 23.8 Å². The van der Waals surface area contributed by atoms with Crippen molar-refractivity contribution >= 4 is 17.5 Å². The molecule has 0 bridgehead atoms. The van der Waals surface area contributed by atoms with Crippen molar-refractivity contribution in [1.82, 2.24) is 5.43 Å². The SMILES string of the molecule is COc1cc(/C(C)=N\NC(=O)C(N)=O)ccc1OC(F)F. The molecular weight excluding hydrogens is 288 g/mol. The average Bonchev–Trinajstić information content (AvgIpc) is 2.43. The largest absolute Gasteiger partial charge is 0.493 e. The van der Waals surface area contributed by atoms with Crippen LogP contribution in [0.25, 0.3) is 0 Å². The molecule has 21 heavy (non-hydrogen) atoms. The van der Waals surface area contributed by atoms with Crippen LogP contribution in [0.3, 0.4) is 0 Å². The van der Waals surface area contributed by atoms with Crippen molar-refractivity contribution in [1.29, 1.82) is 0 Å². The van der Waals surface area contributed by atoms with E-state index in [0.717, 1.165) is 0 Å². The van der Waals surface area contributed by atoms with Gasteiger partial charge in [0.2, 0.25) is 0 Å². The van der Waals surface area contributed by atoms with E-state index in [9.17, 15) is 18.4 Å². The number of hydrogen-bond acceptors (Lipinski definition) is 5. The molecule has 1 rings (SSSR count). The molecule has 7 nitrogen and oxygen atoms in total. The minimum atomic E-state index is -2.98. The Morgan fingerprint density at radius 2 is 2.00 bits per heavy atom. The van der Waals surface area contributed by atoms with E-state index in [2.05, 4.69) is 9.84 Å². The minimum absolute atomic E-state index is 0.0728. The van der Waals surface area contributed by atoms with Gasteiger partial charge in [-0.15, -0.1) is 0 Å². The first kappa shape index (κ1) is 16.3. The smallest absolute Gasteiger partial charge is 0.387 e. The number of carbonyl (C=O) groups excluding carboxylic acids is 2. The second-order valence-corrected chi connectivity index (χ2v) is 3.75. The molecule has 0 aliphatic heterocycles. The van der Waals surface area contributed by atoms with Gasteiger partial charge in [-0.3, -0.25) is 9.59 Å². The van der Waals surface area contributed by atoms with Gasteiger partial charge in [0.05, 0.1) is 12.8 Å². The Morgan fingerprint density at radius 1 is 1.33 bits per heavy atom. The van der Waals surface area contributed by atoms with Crippen LogP contribution in [0.1, 0.15) is 12.5 Å². The minimum Gasteiger partial charge on any atom is -0.493 e. The van der Waals surface area contributed by atoms with Crippen molar-refractivity contribution in [3.63, 3.8) is 0 Å². The normalized spacial score (nSPS) is 11.2. The molecule has 1 aromatic carbocycles. The summed E-state index contributed by atoms with van der Waals surface area (Å²) in [7, 11) is 1.29. The molecule has 3 N–H and O–H groups in total. The third kappa shape index (κ3) is 4.71. The van der Waals surface area contributed by atoms with Gasteiger partial charge < -0.3 is 15.2 Å². The van der Waals surface area contributed by atoms with Crippen LogP contribution in [0, 0.1) is 0 Å². The summed E-state index contributed by atoms with van der Waals surface area (Å²) in [4.78, 5) is 21.5. The van der Waals surface area contributed by atoms with Crippen LogP contribution < -0.4 is 20.6 Å². The highest BCUT2D eigenvalue weighted by atomic mass is 19.3. The number of amides is 2. The van der Waals surface area contributed by atoms with Crippen molar-refractivity contribution in [3.8, 4) is 11.5 Å². The quantitative estimate of drug-likeness (QED) is 0.473. The lowest BCUT2D eigenvalue weighted by atomic mass is 10.1. The molecule has 0 fully saturated rings. The number of carbonyl (C=O) groups is 2. The van der Waals surface area contributed by atoms with Crippen LogP contribution in [0.2, 0.25) is 0 Å². The molecule has 0 spiro atoms. The second kappa shape index (κ2) is 7.17. The maximum atomic E-state index is 12.2. The summed E-state index contributed by atoms with van der Waals surface area (Å²) in [5, 5.41) is 3.65. The molecule has 0 aromatic heterocycles. The van der Waals surface area contributed by atoms with Gasteiger partial charge in [-0.2, -0.15) is 13.9 Å². The summed E-state index contributed by atoms with van der Waals surface area (Å²) in [6, 6.07) is 4.11. The van der Waals surface area contributed by atoms with E-state index in [4.69, 9.17) is 10.5 Å². The third-order valence-electron chi connectivity index (χ3n) is 2.35. The fourth-order valence-corrected chi connectivity index (χ4v) is 1.34. The van der Waals surface area contributed by atoms with Crippen LogP contribution in [0.5, 0.6) is 11.5 Å².